The number of nitrogens with two attached hydrogens (primary N) is 1. The van der Waals surface area contributed by atoms with Crippen LogP contribution in [-0.4, -0.2) is 11.0 Å². The molecule has 0 aliphatic heterocycles. The molecule has 0 aromatic carbocycles. The van der Waals surface area contributed by atoms with Crippen molar-refractivity contribution in [3.63, 3.8) is 0 Å². The van der Waals surface area contributed by atoms with E-state index in [0.717, 1.165) is 10.9 Å². The van der Waals surface area contributed by atoms with E-state index in [2.05, 4.69) is 20.9 Å². The maximum absolute atomic E-state index is 5.73. The van der Waals surface area contributed by atoms with E-state index in [0.29, 0.717) is 12.0 Å². The Hall–Kier alpha value is -0.410. The Morgan fingerprint density at radius 1 is 1.64 bits per heavy atom. The molecule has 58 valence electrons. The van der Waals surface area contributed by atoms with Crippen molar-refractivity contribution in [2.75, 3.05) is 0 Å². The van der Waals surface area contributed by atoms with Crippen molar-refractivity contribution in [1.82, 2.24) is 4.98 Å². The van der Waals surface area contributed by atoms with Gasteiger partial charge in [-0.2, -0.15) is 0 Å². The van der Waals surface area contributed by atoms with Gasteiger partial charge < -0.3 is 5.73 Å². The second-order valence-electron chi connectivity index (χ2n) is 2.90. The highest BCUT2D eigenvalue weighted by molar-refractivity contribution is 9.10. The molecular formula is C8H9BrN2. The number of halogens is 1. The Kier molecular flexibility index (Phi) is 1.69. The zero-order valence-electron chi connectivity index (χ0n) is 6.00. The van der Waals surface area contributed by atoms with E-state index in [9.17, 15) is 0 Å². The van der Waals surface area contributed by atoms with Crippen molar-refractivity contribution in [3.05, 3.63) is 28.5 Å². The molecule has 0 bridgehead atoms. The Morgan fingerprint density at radius 2 is 2.36 bits per heavy atom. The van der Waals surface area contributed by atoms with E-state index in [1.807, 2.05) is 18.5 Å². The third kappa shape index (κ3) is 1.30. The van der Waals surface area contributed by atoms with Crippen LogP contribution in [-0.2, 0) is 0 Å². The normalized spacial score (nSPS) is 28.5. The Labute approximate surface area is 73.9 Å². The van der Waals surface area contributed by atoms with Gasteiger partial charge >= 0.3 is 0 Å². The highest BCUT2D eigenvalue weighted by Gasteiger charge is 2.35. The first kappa shape index (κ1) is 7.25. The maximum atomic E-state index is 5.73. The highest BCUT2D eigenvalue weighted by atomic mass is 79.9. The standard InChI is InChI=1S/C8H9BrN2/c9-7-4-11-2-1-5(7)6-3-8(6)10/h1-2,4,6,8H,3,10H2/t6-,8+/m0/s1. The van der Waals surface area contributed by atoms with Crippen LogP contribution < -0.4 is 5.73 Å². The molecule has 0 spiro atoms. The second-order valence-corrected chi connectivity index (χ2v) is 3.76. The van der Waals surface area contributed by atoms with Crippen LogP contribution in [0.1, 0.15) is 17.9 Å². The Balaban J connectivity index is 2.31. The fourth-order valence-electron chi connectivity index (χ4n) is 1.26. The molecule has 3 heteroatoms. The molecule has 1 aliphatic rings. The lowest BCUT2D eigenvalue weighted by Gasteiger charge is -1.99. The van der Waals surface area contributed by atoms with Crippen LogP contribution in [0.2, 0.25) is 0 Å². The molecule has 2 rings (SSSR count). The molecule has 0 unspecified atom stereocenters. The first-order valence-electron chi connectivity index (χ1n) is 3.64. The quantitative estimate of drug-likeness (QED) is 0.770. The molecule has 0 saturated heterocycles. The zero-order chi connectivity index (χ0) is 7.84. The van der Waals surface area contributed by atoms with Crippen LogP contribution in [0.15, 0.2) is 22.9 Å². The smallest absolute Gasteiger partial charge is 0.0413 e. The predicted molar refractivity (Wildman–Crippen MR) is 47.3 cm³/mol. The van der Waals surface area contributed by atoms with Gasteiger partial charge in [0.25, 0.3) is 0 Å². The summed E-state index contributed by atoms with van der Waals surface area (Å²) in [4.78, 5) is 3.99. The summed E-state index contributed by atoms with van der Waals surface area (Å²) >= 11 is 3.45. The van der Waals surface area contributed by atoms with E-state index in [-0.39, 0.29) is 0 Å². The molecule has 0 amide bonds. The first-order chi connectivity index (χ1) is 5.29. The van der Waals surface area contributed by atoms with Gasteiger partial charge in [-0.1, -0.05) is 0 Å². The topological polar surface area (TPSA) is 38.9 Å². The summed E-state index contributed by atoms with van der Waals surface area (Å²) in [6.07, 6.45) is 4.74. The van der Waals surface area contributed by atoms with Crippen LogP contribution in [0.4, 0.5) is 0 Å². The molecule has 1 saturated carbocycles. The molecule has 1 fully saturated rings. The van der Waals surface area contributed by atoms with Gasteiger partial charge in [-0.3, -0.25) is 4.98 Å². The molecule has 2 atom stereocenters. The molecular weight excluding hydrogens is 204 g/mol. The number of aromatic nitrogens is 1. The van der Waals surface area contributed by atoms with Crippen molar-refractivity contribution >= 4 is 15.9 Å². The lowest BCUT2D eigenvalue weighted by molar-refractivity contribution is 0.980. The highest BCUT2D eigenvalue weighted by Crippen LogP contribution is 2.41. The van der Waals surface area contributed by atoms with Gasteiger partial charge in [-0.05, 0) is 34.0 Å². The fraction of sp³-hybridized carbons (Fsp3) is 0.375. The number of rotatable bonds is 1. The second kappa shape index (κ2) is 2.57. The first-order valence-corrected chi connectivity index (χ1v) is 4.43. The molecule has 1 aromatic rings. The van der Waals surface area contributed by atoms with Crippen LogP contribution >= 0.6 is 15.9 Å². The molecule has 11 heavy (non-hydrogen) atoms. The summed E-state index contributed by atoms with van der Waals surface area (Å²) in [6, 6.07) is 2.40. The van der Waals surface area contributed by atoms with Gasteiger partial charge in [0.1, 0.15) is 0 Å². The van der Waals surface area contributed by atoms with E-state index in [4.69, 9.17) is 5.73 Å². The van der Waals surface area contributed by atoms with Gasteiger partial charge in [0.15, 0.2) is 0 Å². The van der Waals surface area contributed by atoms with Crippen LogP contribution in [0, 0.1) is 0 Å². The van der Waals surface area contributed by atoms with Gasteiger partial charge in [-0.25, -0.2) is 0 Å². The lowest BCUT2D eigenvalue weighted by atomic mass is 10.2. The summed E-state index contributed by atoms with van der Waals surface area (Å²) < 4.78 is 1.08. The largest absolute Gasteiger partial charge is 0.327 e. The third-order valence-corrected chi connectivity index (χ3v) is 2.71. The predicted octanol–water partition coefficient (Wildman–Crippen LogP) is 1.66. The lowest BCUT2D eigenvalue weighted by Crippen LogP contribution is -2.01. The zero-order valence-corrected chi connectivity index (χ0v) is 7.58. The van der Waals surface area contributed by atoms with Crippen LogP contribution in [0.25, 0.3) is 0 Å². The van der Waals surface area contributed by atoms with E-state index in [1.54, 1.807) is 0 Å². The van der Waals surface area contributed by atoms with Gasteiger partial charge in [0.2, 0.25) is 0 Å². The molecule has 1 heterocycles. The molecule has 0 radical (unpaired) electrons. The molecule has 2 nitrogen and oxygen atoms in total. The summed E-state index contributed by atoms with van der Waals surface area (Å²) in [5.41, 5.74) is 7.02. The summed E-state index contributed by atoms with van der Waals surface area (Å²) in [7, 11) is 0. The number of hydrogen-bond acceptors (Lipinski definition) is 2. The molecule has 1 aromatic heterocycles. The van der Waals surface area contributed by atoms with E-state index in [1.165, 1.54) is 5.56 Å². The van der Waals surface area contributed by atoms with E-state index < -0.39 is 0 Å². The number of hydrogen-bond donors (Lipinski definition) is 1. The Bertz CT molecular complexity index is 275. The third-order valence-electron chi connectivity index (χ3n) is 2.04. The van der Waals surface area contributed by atoms with Crippen molar-refractivity contribution in [2.45, 2.75) is 18.4 Å². The van der Waals surface area contributed by atoms with Crippen LogP contribution in [0.5, 0.6) is 0 Å². The number of pyridine rings is 1. The molecule has 2 N–H and O–H groups in total. The number of nitrogens with zero attached hydrogens (tertiary/aromatic N) is 1. The van der Waals surface area contributed by atoms with E-state index >= 15 is 0 Å². The van der Waals surface area contributed by atoms with Gasteiger partial charge in [0, 0.05) is 28.8 Å². The maximum Gasteiger partial charge on any atom is 0.0413 e. The summed E-state index contributed by atoms with van der Waals surface area (Å²) in [5, 5.41) is 0. The molecule has 1 aliphatic carbocycles. The SMILES string of the molecule is N[C@@H]1C[C@H]1c1ccncc1Br. The van der Waals surface area contributed by atoms with Gasteiger partial charge in [0.05, 0.1) is 0 Å². The van der Waals surface area contributed by atoms with Crippen molar-refractivity contribution in [3.8, 4) is 0 Å². The average molecular weight is 213 g/mol. The van der Waals surface area contributed by atoms with Crippen LogP contribution in [0.3, 0.4) is 0 Å². The summed E-state index contributed by atoms with van der Waals surface area (Å²) in [5.74, 6) is 0.562. The van der Waals surface area contributed by atoms with Crippen molar-refractivity contribution in [2.24, 2.45) is 5.73 Å². The monoisotopic (exact) mass is 212 g/mol. The minimum atomic E-state index is 0.369. The summed E-state index contributed by atoms with van der Waals surface area (Å²) in [6.45, 7) is 0. The average Bonchev–Trinajstić information content (AvgIpc) is 2.68. The van der Waals surface area contributed by atoms with Crippen molar-refractivity contribution < 1.29 is 0 Å². The fourth-order valence-corrected chi connectivity index (χ4v) is 1.80. The van der Waals surface area contributed by atoms with Crippen molar-refractivity contribution in [1.29, 1.82) is 0 Å². The Morgan fingerprint density at radius 3 is 2.91 bits per heavy atom. The minimum Gasteiger partial charge on any atom is -0.327 e. The van der Waals surface area contributed by atoms with Gasteiger partial charge in [-0.15, -0.1) is 0 Å². The minimum absolute atomic E-state index is 0.369.